The summed E-state index contributed by atoms with van der Waals surface area (Å²) in [6, 6.07) is 5.71. The largest absolute Gasteiger partial charge is 0.506 e. The highest BCUT2D eigenvalue weighted by Gasteiger charge is 2.16. The predicted octanol–water partition coefficient (Wildman–Crippen LogP) is 5.38. The van der Waals surface area contributed by atoms with Crippen LogP contribution in [0.25, 0.3) is 11.1 Å². The number of phenols is 2. The highest BCUT2D eigenvalue weighted by atomic mass is 35.5. The molecule has 0 radical (unpaired) electrons. The van der Waals surface area contributed by atoms with Crippen LogP contribution in [0.5, 0.6) is 11.5 Å². The predicted molar refractivity (Wildman–Crippen MR) is 75.2 cm³/mol. The molecule has 0 aromatic heterocycles. The number of hydrogen-bond acceptors (Lipinski definition) is 2. The number of halogens is 4. The molecule has 0 aliphatic carbocycles. The summed E-state index contributed by atoms with van der Waals surface area (Å²) in [7, 11) is 0. The first kappa shape index (κ1) is 13.6. The van der Waals surface area contributed by atoms with Gasteiger partial charge in [0.2, 0.25) is 0 Å². The quantitative estimate of drug-likeness (QED) is 0.739. The van der Waals surface area contributed by atoms with E-state index in [2.05, 4.69) is 0 Å². The number of phenolic OH excluding ortho intramolecular Hbond substituents is 2. The molecule has 0 atom stereocenters. The summed E-state index contributed by atoms with van der Waals surface area (Å²) in [4.78, 5) is 0. The Bertz CT molecular complexity index is 570. The molecule has 2 rings (SSSR count). The van der Waals surface area contributed by atoms with E-state index < -0.39 is 0 Å². The van der Waals surface area contributed by atoms with Crippen LogP contribution < -0.4 is 0 Å². The van der Waals surface area contributed by atoms with Crippen molar-refractivity contribution in [1.29, 1.82) is 0 Å². The zero-order chi connectivity index (χ0) is 13.4. The van der Waals surface area contributed by atoms with E-state index in [1.165, 1.54) is 24.3 Å². The van der Waals surface area contributed by atoms with Gasteiger partial charge in [-0.2, -0.15) is 0 Å². The first-order valence-corrected chi connectivity index (χ1v) is 6.27. The summed E-state index contributed by atoms with van der Waals surface area (Å²) >= 11 is 23.4. The van der Waals surface area contributed by atoms with Crippen molar-refractivity contribution in [2.24, 2.45) is 0 Å². The van der Waals surface area contributed by atoms with Crippen molar-refractivity contribution >= 4 is 46.4 Å². The van der Waals surface area contributed by atoms with E-state index in [1.54, 1.807) is 0 Å². The van der Waals surface area contributed by atoms with Gasteiger partial charge in [-0.3, -0.25) is 0 Å². The van der Waals surface area contributed by atoms with Crippen molar-refractivity contribution in [3.8, 4) is 22.6 Å². The van der Waals surface area contributed by atoms with Crippen LogP contribution in [0.3, 0.4) is 0 Å². The summed E-state index contributed by atoms with van der Waals surface area (Å²) in [6.07, 6.45) is 0. The molecule has 2 aromatic carbocycles. The average Bonchev–Trinajstić information content (AvgIpc) is 2.28. The minimum atomic E-state index is -0.199. The summed E-state index contributed by atoms with van der Waals surface area (Å²) in [5, 5.41) is 20.6. The molecule has 0 spiro atoms. The molecule has 6 heteroatoms. The molecule has 2 nitrogen and oxygen atoms in total. The Morgan fingerprint density at radius 2 is 0.944 bits per heavy atom. The number of hydrogen-bond donors (Lipinski definition) is 2. The maximum atomic E-state index is 9.89. The molecule has 0 saturated heterocycles. The Kier molecular flexibility index (Phi) is 3.83. The Morgan fingerprint density at radius 3 is 1.28 bits per heavy atom. The fourth-order valence-electron chi connectivity index (χ4n) is 1.54. The summed E-state index contributed by atoms with van der Waals surface area (Å²) in [5.41, 5.74) is 0.517. The van der Waals surface area contributed by atoms with Gasteiger partial charge >= 0.3 is 0 Å². The first-order chi connectivity index (χ1) is 8.40. The van der Waals surface area contributed by atoms with E-state index in [0.29, 0.717) is 10.0 Å². The van der Waals surface area contributed by atoms with Crippen LogP contribution in [0, 0.1) is 0 Å². The fourth-order valence-corrected chi connectivity index (χ4v) is 2.53. The molecule has 0 aliphatic heterocycles. The van der Waals surface area contributed by atoms with Crippen LogP contribution in [-0.2, 0) is 0 Å². The van der Waals surface area contributed by atoms with Gasteiger partial charge in [0.15, 0.2) is 0 Å². The van der Waals surface area contributed by atoms with Crippen LogP contribution in [0.4, 0.5) is 0 Å². The van der Waals surface area contributed by atoms with E-state index in [4.69, 9.17) is 46.4 Å². The van der Waals surface area contributed by atoms with E-state index in [9.17, 15) is 10.2 Å². The van der Waals surface area contributed by atoms with Gasteiger partial charge in [0.25, 0.3) is 0 Å². The third kappa shape index (κ3) is 2.47. The Morgan fingerprint density at radius 1 is 0.611 bits per heavy atom. The van der Waals surface area contributed by atoms with Gasteiger partial charge in [-0.05, 0) is 24.3 Å². The van der Waals surface area contributed by atoms with Crippen molar-refractivity contribution in [3.63, 3.8) is 0 Å². The lowest BCUT2D eigenvalue weighted by Gasteiger charge is -2.10. The van der Waals surface area contributed by atoms with Crippen LogP contribution >= 0.6 is 46.4 Å². The maximum absolute atomic E-state index is 9.89. The molecule has 0 fully saturated rings. The lowest BCUT2D eigenvalue weighted by atomic mass is 10.0. The smallest absolute Gasteiger partial charge is 0.142 e. The van der Waals surface area contributed by atoms with Crippen LogP contribution in [0.1, 0.15) is 0 Å². The molecular formula is C12H6Cl4O2. The van der Waals surface area contributed by atoms with Gasteiger partial charge in [0, 0.05) is 21.2 Å². The monoisotopic (exact) mass is 322 g/mol. The lowest BCUT2D eigenvalue weighted by Crippen LogP contribution is -1.84. The van der Waals surface area contributed by atoms with Gasteiger partial charge in [0.05, 0.1) is 10.0 Å². The Labute approximate surface area is 123 Å². The highest BCUT2D eigenvalue weighted by molar-refractivity contribution is 6.37. The van der Waals surface area contributed by atoms with Gasteiger partial charge in [0.1, 0.15) is 11.5 Å². The van der Waals surface area contributed by atoms with Gasteiger partial charge < -0.3 is 10.2 Å². The fraction of sp³-hybridized carbons (Fsp3) is 0. The highest BCUT2D eigenvalue weighted by Crippen LogP contribution is 2.44. The van der Waals surface area contributed by atoms with Crippen LogP contribution in [0.15, 0.2) is 24.3 Å². The minimum Gasteiger partial charge on any atom is -0.506 e. The van der Waals surface area contributed by atoms with Crippen LogP contribution in [-0.4, -0.2) is 10.2 Å². The SMILES string of the molecule is Oc1c(Cl)cc(Cl)cc1-c1cc(Cl)cc(Cl)c1O. The van der Waals surface area contributed by atoms with E-state index in [-0.39, 0.29) is 32.7 Å². The summed E-state index contributed by atoms with van der Waals surface area (Å²) < 4.78 is 0. The average molecular weight is 324 g/mol. The van der Waals surface area contributed by atoms with E-state index in [1.807, 2.05) is 0 Å². The van der Waals surface area contributed by atoms with E-state index in [0.717, 1.165) is 0 Å². The first-order valence-electron chi connectivity index (χ1n) is 4.76. The van der Waals surface area contributed by atoms with Gasteiger partial charge in [-0.25, -0.2) is 0 Å². The van der Waals surface area contributed by atoms with Crippen molar-refractivity contribution in [3.05, 3.63) is 44.4 Å². The third-order valence-electron chi connectivity index (χ3n) is 2.35. The molecular weight excluding hydrogens is 318 g/mol. The Balaban J connectivity index is 2.77. The van der Waals surface area contributed by atoms with Gasteiger partial charge in [-0.15, -0.1) is 0 Å². The third-order valence-corrected chi connectivity index (χ3v) is 3.36. The molecule has 0 saturated carbocycles. The zero-order valence-electron chi connectivity index (χ0n) is 8.72. The molecule has 0 heterocycles. The molecule has 0 unspecified atom stereocenters. The molecule has 2 aromatic rings. The Hall–Kier alpha value is -0.800. The van der Waals surface area contributed by atoms with Crippen molar-refractivity contribution < 1.29 is 10.2 Å². The number of aromatic hydroxyl groups is 2. The molecule has 18 heavy (non-hydrogen) atoms. The zero-order valence-corrected chi connectivity index (χ0v) is 11.7. The molecule has 0 aliphatic rings. The minimum absolute atomic E-state index is 0.0768. The van der Waals surface area contributed by atoms with Crippen molar-refractivity contribution in [1.82, 2.24) is 0 Å². The second-order valence-electron chi connectivity index (χ2n) is 3.57. The number of benzene rings is 2. The molecule has 94 valence electrons. The van der Waals surface area contributed by atoms with Crippen molar-refractivity contribution in [2.45, 2.75) is 0 Å². The summed E-state index contributed by atoms with van der Waals surface area (Å²) in [6.45, 7) is 0. The van der Waals surface area contributed by atoms with Gasteiger partial charge in [-0.1, -0.05) is 46.4 Å². The molecule has 0 bridgehead atoms. The second-order valence-corrected chi connectivity index (χ2v) is 5.25. The maximum Gasteiger partial charge on any atom is 0.142 e. The van der Waals surface area contributed by atoms with Crippen molar-refractivity contribution in [2.75, 3.05) is 0 Å². The van der Waals surface area contributed by atoms with E-state index >= 15 is 0 Å². The standard InChI is InChI=1S/C12H6Cl4O2/c13-5-1-7(11(17)9(15)3-5)8-2-6(14)4-10(16)12(8)18/h1-4,17-18H. The molecule has 0 amide bonds. The second kappa shape index (κ2) is 5.06. The summed E-state index contributed by atoms with van der Waals surface area (Å²) in [5.74, 6) is -0.399. The lowest BCUT2D eigenvalue weighted by molar-refractivity contribution is 0.469. The van der Waals surface area contributed by atoms with Crippen LogP contribution in [0.2, 0.25) is 20.1 Å². The number of rotatable bonds is 1. The topological polar surface area (TPSA) is 40.5 Å². The normalized spacial score (nSPS) is 10.7. The molecule has 2 N–H and O–H groups in total.